The summed E-state index contributed by atoms with van der Waals surface area (Å²) in [4.78, 5) is 13.4. The van der Waals surface area contributed by atoms with Gasteiger partial charge in [0.05, 0.1) is 19.2 Å². The Balaban J connectivity index is 1.48. The first kappa shape index (κ1) is 21.9. The Hall–Kier alpha value is -2.35. The second-order valence-electron chi connectivity index (χ2n) is 9.13. The van der Waals surface area contributed by atoms with Gasteiger partial charge in [0.1, 0.15) is 11.3 Å². The number of fused-ring (bicyclic) bond motifs is 1. The van der Waals surface area contributed by atoms with Crippen molar-refractivity contribution in [2.24, 2.45) is 0 Å². The number of halogens is 1. The Morgan fingerprint density at radius 1 is 1.06 bits per heavy atom. The lowest BCUT2D eigenvalue weighted by Gasteiger charge is -2.42. The van der Waals surface area contributed by atoms with Gasteiger partial charge in [0.25, 0.3) is 0 Å². The van der Waals surface area contributed by atoms with Gasteiger partial charge in [-0.15, -0.1) is 0 Å². The summed E-state index contributed by atoms with van der Waals surface area (Å²) in [5.41, 5.74) is 9.80. The molecule has 1 aliphatic rings. The highest BCUT2D eigenvalue weighted by molar-refractivity contribution is 6.33. The summed E-state index contributed by atoms with van der Waals surface area (Å²) in [5.74, 6) is 1.06. The highest BCUT2D eigenvalue weighted by Crippen LogP contribution is 2.27. The summed E-state index contributed by atoms with van der Waals surface area (Å²) < 4.78 is 7.75. The van der Waals surface area contributed by atoms with Crippen molar-refractivity contribution in [1.82, 2.24) is 24.3 Å². The molecule has 1 aliphatic heterocycles. The Bertz CT molecular complexity index is 1070. The first-order chi connectivity index (χ1) is 14.7. The maximum atomic E-state index is 6.33. The van der Waals surface area contributed by atoms with Crippen LogP contribution in [0.25, 0.3) is 11.0 Å². The molecule has 3 aromatic rings. The number of aromatic nitrogens is 3. The van der Waals surface area contributed by atoms with Crippen molar-refractivity contribution in [2.45, 2.75) is 39.4 Å². The zero-order chi connectivity index (χ0) is 22.2. The quantitative estimate of drug-likeness (QED) is 0.608. The highest BCUT2D eigenvalue weighted by Gasteiger charge is 2.25. The highest BCUT2D eigenvalue weighted by atomic mass is 35.5. The third-order valence-corrected chi connectivity index (χ3v) is 6.27. The molecule has 0 saturated carbocycles. The van der Waals surface area contributed by atoms with Crippen LogP contribution in [-0.4, -0.2) is 63.2 Å². The zero-order valence-electron chi connectivity index (χ0n) is 18.7. The average Bonchev–Trinajstić information content (AvgIpc) is 3.11. The number of hydrogen-bond donors (Lipinski definition) is 1. The van der Waals surface area contributed by atoms with Crippen molar-refractivity contribution >= 4 is 28.6 Å². The van der Waals surface area contributed by atoms with E-state index >= 15 is 0 Å². The standard InChI is InChI=1S/C23H31ClN6O/c1-23(2,3)30-11-9-28(10-12-30)14-16-5-6-17(19(13-16)31-4)15-29-8-7-18-20(29)21(24)27-22(25)26-18/h5-8,13H,9-12,14-15H2,1-4H3,(H2,25,26,27). The second-order valence-corrected chi connectivity index (χ2v) is 9.49. The molecule has 0 atom stereocenters. The van der Waals surface area contributed by atoms with Crippen LogP contribution in [0, 0.1) is 0 Å². The van der Waals surface area contributed by atoms with E-state index in [1.807, 2.05) is 16.8 Å². The molecular formula is C23H31ClN6O. The normalized spacial score (nSPS) is 16.2. The van der Waals surface area contributed by atoms with E-state index in [0.29, 0.717) is 11.7 Å². The van der Waals surface area contributed by atoms with E-state index in [-0.39, 0.29) is 11.5 Å². The number of anilines is 1. The molecule has 0 bridgehead atoms. The molecule has 2 N–H and O–H groups in total. The van der Waals surface area contributed by atoms with Crippen LogP contribution in [0.4, 0.5) is 5.95 Å². The number of hydrogen-bond acceptors (Lipinski definition) is 6. The molecule has 0 aliphatic carbocycles. The summed E-state index contributed by atoms with van der Waals surface area (Å²) in [5, 5.41) is 0.359. The third-order valence-electron chi connectivity index (χ3n) is 6.00. The van der Waals surface area contributed by atoms with Gasteiger partial charge in [-0.2, -0.15) is 4.98 Å². The summed E-state index contributed by atoms with van der Waals surface area (Å²) in [6.07, 6.45) is 1.95. The topological polar surface area (TPSA) is 72.4 Å². The Labute approximate surface area is 188 Å². The molecule has 0 unspecified atom stereocenters. The Kier molecular flexibility index (Phi) is 6.10. The first-order valence-corrected chi connectivity index (χ1v) is 11.0. The van der Waals surface area contributed by atoms with Crippen molar-refractivity contribution in [1.29, 1.82) is 0 Å². The molecule has 4 rings (SSSR count). The molecule has 7 nitrogen and oxygen atoms in total. The number of piperazine rings is 1. The van der Waals surface area contributed by atoms with E-state index in [4.69, 9.17) is 22.1 Å². The fourth-order valence-electron chi connectivity index (χ4n) is 4.25. The van der Waals surface area contributed by atoms with Crippen LogP contribution in [0.1, 0.15) is 31.9 Å². The van der Waals surface area contributed by atoms with Crippen molar-refractivity contribution in [2.75, 3.05) is 39.0 Å². The van der Waals surface area contributed by atoms with E-state index in [1.54, 1.807) is 7.11 Å². The molecule has 166 valence electrons. The van der Waals surface area contributed by atoms with Crippen LogP contribution < -0.4 is 10.5 Å². The number of nitrogen functional groups attached to an aromatic ring is 1. The fraction of sp³-hybridized carbons (Fsp3) is 0.478. The van der Waals surface area contributed by atoms with Crippen LogP contribution in [0.2, 0.25) is 5.15 Å². The minimum atomic E-state index is 0.181. The van der Waals surface area contributed by atoms with Gasteiger partial charge in [0, 0.05) is 50.0 Å². The number of nitrogens with two attached hydrogens (primary N) is 1. The van der Waals surface area contributed by atoms with Crippen LogP contribution in [-0.2, 0) is 13.1 Å². The molecule has 31 heavy (non-hydrogen) atoms. The smallest absolute Gasteiger partial charge is 0.222 e. The maximum absolute atomic E-state index is 6.33. The van der Waals surface area contributed by atoms with Gasteiger partial charge in [-0.05, 0) is 38.5 Å². The lowest BCUT2D eigenvalue weighted by Crippen LogP contribution is -2.53. The molecule has 1 aromatic carbocycles. The average molecular weight is 443 g/mol. The minimum absolute atomic E-state index is 0.181. The van der Waals surface area contributed by atoms with Gasteiger partial charge in [0.2, 0.25) is 5.95 Å². The lowest BCUT2D eigenvalue weighted by atomic mass is 10.0. The fourth-order valence-corrected chi connectivity index (χ4v) is 4.54. The number of benzene rings is 1. The monoisotopic (exact) mass is 442 g/mol. The van der Waals surface area contributed by atoms with Gasteiger partial charge in [-0.1, -0.05) is 23.7 Å². The summed E-state index contributed by atoms with van der Waals surface area (Å²) in [7, 11) is 1.72. The molecule has 2 aromatic heterocycles. The molecule has 1 saturated heterocycles. The van der Waals surface area contributed by atoms with Crippen LogP contribution in [0.15, 0.2) is 30.5 Å². The van der Waals surface area contributed by atoms with Crippen LogP contribution in [0.5, 0.6) is 5.75 Å². The van der Waals surface area contributed by atoms with Gasteiger partial charge in [-0.3, -0.25) is 9.80 Å². The molecule has 3 heterocycles. The van der Waals surface area contributed by atoms with E-state index in [2.05, 4.69) is 58.7 Å². The maximum Gasteiger partial charge on any atom is 0.222 e. The van der Waals surface area contributed by atoms with Crippen LogP contribution >= 0.6 is 11.6 Å². The first-order valence-electron chi connectivity index (χ1n) is 10.7. The summed E-state index contributed by atoms with van der Waals surface area (Å²) >= 11 is 6.33. The number of nitrogens with zero attached hydrogens (tertiary/aromatic N) is 5. The van der Waals surface area contributed by atoms with Gasteiger partial charge >= 0.3 is 0 Å². The molecule has 0 radical (unpaired) electrons. The van der Waals surface area contributed by atoms with Crippen molar-refractivity contribution < 1.29 is 4.74 Å². The van der Waals surface area contributed by atoms with E-state index in [9.17, 15) is 0 Å². The van der Waals surface area contributed by atoms with E-state index in [0.717, 1.165) is 55.1 Å². The number of ether oxygens (including phenoxy) is 1. The second kappa shape index (κ2) is 8.65. The zero-order valence-corrected chi connectivity index (χ0v) is 19.5. The molecular weight excluding hydrogens is 412 g/mol. The lowest BCUT2D eigenvalue weighted by molar-refractivity contribution is 0.0591. The van der Waals surface area contributed by atoms with E-state index < -0.39 is 0 Å². The Morgan fingerprint density at radius 2 is 1.81 bits per heavy atom. The van der Waals surface area contributed by atoms with E-state index in [1.165, 1.54) is 5.56 Å². The van der Waals surface area contributed by atoms with Crippen molar-refractivity contribution in [3.8, 4) is 5.75 Å². The largest absolute Gasteiger partial charge is 0.496 e. The van der Waals surface area contributed by atoms with Crippen molar-refractivity contribution in [3.05, 3.63) is 46.7 Å². The predicted octanol–water partition coefficient (Wildman–Crippen LogP) is 3.64. The predicted molar refractivity (Wildman–Crippen MR) is 126 cm³/mol. The summed E-state index contributed by atoms with van der Waals surface area (Å²) in [6.45, 7) is 12.8. The van der Waals surface area contributed by atoms with Gasteiger partial charge < -0.3 is 15.0 Å². The minimum Gasteiger partial charge on any atom is -0.496 e. The SMILES string of the molecule is COc1cc(CN2CCN(C(C)(C)C)CC2)ccc1Cn1ccc2nc(N)nc(Cl)c21. The van der Waals surface area contributed by atoms with Gasteiger partial charge in [0.15, 0.2) is 5.15 Å². The number of methoxy groups -OCH3 is 1. The number of rotatable bonds is 5. The third kappa shape index (κ3) is 4.79. The van der Waals surface area contributed by atoms with Crippen molar-refractivity contribution in [3.63, 3.8) is 0 Å². The molecule has 1 fully saturated rings. The Morgan fingerprint density at radius 3 is 2.48 bits per heavy atom. The van der Waals surface area contributed by atoms with Crippen LogP contribution in [0.3, 0.4) is 0 Å². The molecule has 0 amide bonds. The van der Waals surface area contributed by atoms with Gasteiger partial charge in [-0.25, -0.2) is 4.98 Å². The molecule has 8 heteroatoms. The summed E-state index contributed by atoms with van der Waals surface area (Å²) in [6, 6.07) is 8.37. The molecule has 0 spiro atoms.